The number of hydrogen-bond acceptors (Lipinski definition) is 9. The number of fused-ring (bicyclic) bond motifs is 2. The third-order valence-corrected chi connectivity index (χ3v) is 11.1. The number of carboxylic acids is 2. The summed E-state index contributed by atoms with van der Waals surface area (Å²) in [6.45, 7) is 9.63. The molecule has 0 atom stereocenters. The Morgan fingerprint density at radius 1 is 0.830 bits per heavy atom. The van der Waals surface area contributed by atoms with Crippen LogP contribution in [0.5, 0.6) is 0 Å². The lowest BCUT2D eigenvalue weighted by Gasteiger charge is -2.27. The maximum Gasteiger partial charge on any atom is 0.303 e. The second-order valence-corrected chi connectivity index (χ2v) is 16.3. The first kappa shape index (κ1) is 41.7. The molecule has 2 aliphatic heterocycles. The van der Waals surface area contributed by atoms with Crippen molar-refractivity contribution in [3.63, 3.8) is 0 Å². The molecule has 12 nitrogen and oxygen atoms in total. The molecule has 0 saturated heterocycles. The molecule has 53 heavy (non-hydrogen) atoms. The Balaban J connectivity index is 1.55. The first-order chi connectivity index (χ1) is 25.1. The van der Waals surface area contributed by atoms with Crippen LogP contribution in [0.3, 0.4) is 0 Å². The van der Waals surface area contributed by atoms with Gasteiger partial charge in [-0.3, -0.25) is 14.1 Å². The summed E-state index contributed by atoms with van der Waals surface area (Å²) in [4.78, 5) is 24.7. The predicted octanol–water partition coefficient (Wildman–Crippen LogP) is 8.38. The van der Waals surface area contributed by atoms with E-state index in [0.717, 1.165) is 83.1 Å². The minimum Gasteiger partial charge on any atom is -0.481 e. The van der Waals surface area contributed by atoms with Crippen molar-refractivity contribution < 1.29 is 52.0 Å². The SMILES string of the molecule is CC1(C)C(/C=C/C=C/C=C/C=C2/N(CCCCCC(=O)O)c3ccc(S(=O)(=O)O)cc3C2(C)C)=[N+](CCCCCC(=O)O)c2ccc(SOOO)cc21. The van der Waals surface area contributed by atoms with Gasteiger partial charge in [0.2, 0.25) is 5.69 Å². The topological polar surface area (TPSA) is 174 Å². The lowest BCUT2D eigenvalue weighted by molar-refractivity contribution is -0.438. The van der Waals surface area contributed by atoms with Gasteiger partial charge in [-0.25, -0.2) is 5.26 Å². The number of rotatable bonds is 20. The highest BCUT2D eigenvalue weighted by molar-refractivity contribution is 7.94. The Labute approximate surface area is 315 Å². The monoisotopic (exact) mass is 769 g/mol. The van der Waals surface area contributed by atoms with E-state index in [-0.39, 0.29) is 23.2 Å². The molecule has 0 bridgehead atoms. The van der Waals surface area contributed by atoms with Crippen molar-refractivity contribution in [3.8, 4) is 0 Å². The highest BCUT2D eigenvalue weighted by Gasteiger charge is 2.44. The zero-order valence-corrected chi connectivity index (χ0v) is 32.2. The maximum absolute atomic E-state index is 12.0. The number of aliphatic carboxylic acids is 2. The summed E-state index contributed by atoms with van der Waals surface area (Å²) in [5.74, 6) is -1.62. The van der Waals surface area contributed by atoms with Crippen LogP contribution in [0.1, 0.15) is 90.2 Å². The Kier molecular flexibility index (Phi) is 14.4. The number of carbonyl (C=O) groups is 2. The quantitative estimate of drug-likeness (QED) is 0.0193. The van der Waals surface area contributed by atoms with E-state index < -0.39 is 27.5 Å². The Morgan fingerprint density at radius 2 is 1.49 bits per heavy atom. The third kappa shape index (κ3) is 10.6. The van der Waals surface area contributed by atoms with Crippen LogP contribution in [-0.4, -0.2) is 63.8 Å². The highest BCUT2D eigenvalue weighted by Crippen LogP contribution is 2.48. The molecule has 0 aromatic heterocycles. The van der Waals surface area contributed by atoms with E-state index in [1.807, 2.05) is 68.5 Å². The molecule has 0 fully saturated rings. The van der Waals surface area contributed by atoms with Gasteiger partial charge in [-0.05, 0) is 81.5 Å². The number of anilines is 1. The normalized spacial score (nSPS) is 17.2. The molecule has 14 heteroatoms. The van der Waals surface area contributed by atoms with E-state index in [0.29, 0.717) is 19.4 Å². The molecule has 4 N–H and O–H groups in total. The predicted molar refractivity (Wildman–Crippen MR) is 204 cm³/mol. The van der Waals surface area contributed by atoms with Gasteiger partial charge in [-0.2, -0.15) is 13.0 Å². The minimum atomic E-state index is -4.39. The summed E-state index contributed by atoms with van der Waals surface area (Å²) in [7, 11) is -4.39. The summed E-state index contributed by atoms with van der Waals surface area (Å²) in [6.07, 6.45) is 18.3. The third-order valence-electron chi connectivity index (χ3n) is 9.68. The van der Waals surface area contributed by atoms with Crippen LogP contribution in [0.25, 0.3) is 0 Å². The van der Waals surface area contributed by atoms with Crippen molar-refractivity contribution in [2.75, 3.05) is 18.0 Å². The Bertz CT molecular complexity index is 1930. The standard InChI is InChI=1S/C39H48N2O10S2/c1-38(2)30-26-28(52-51-50-46)20-22-32(30)40(24-14-8-12-18-36(42)43)34(38)16-10-6-5-7-11-17-35-39(3,4)31-27-29(53(47,48)49)21-23-33(31)41(35)25-15-9-13-19-37(44)45/h5-7,10-11,16-17,20-23,26-27H,8-9,12-15,18-19,24-25H2,1-4H3,(H3-,42,43,44,45,46,47,48,49)/p+1. The van der Waals surface area contributed by atoms with E-state index >= 15 is 0 Å². The van der Waals surface area contributed by atoms with Crippen molar-refractivity contribution in [1.82, 2.24) is 0 Å². The van der Waals surface area contributed by atoms with Crippen molar-refractivity contribution in [3.05, 3.63) is 95.8 Å². The number of allylic oxidation sites excluding steroid dienone is 8. The van der Waals surface area contributed by atoms with E-state index in [4.69, 9.17) is 15.5 Å². The average Bonchev–Trinajstić information content (AvgIpc) is 3.43. The molecule has 0 unspecified atom stereocenters. The van der Waals surface area contributed by atoms with Gasteiger partial charge in [0.1, 0.15) is 6.54 Å². The van der Waals surface area contributed by atoms with E-state index in [2.05, 4.69) is 38.8 Å². The Hall–Kier alpha value is -4.05. The van der Waals surface area contributed by atoms with Gasteiger partial charge >= 0.3 is 11.9 Å². The van der Waals surface area contributed by atoms with Crippen LogP contribution in [0.4, 0.5) is 11.4 Å². The second-order valence-electron chi connectivity index (χ2n) is 14.1. The zero-order valence-electron chi connectivity index (χ0n) is 30.5. The number of benzene rings is 2. The van der Waals surface area contributed by atoms with Gasteiger partial charge in [0.15, 0.2) is 5.71 Å². The summed E-state index contributed by atoms with van der Waals surface area (Å²) in [5, 5.41) is 30.4. The van der Waals surface area contributed by atoms with Gasteiger partial charge in [-0.15, -0.1) is 4.33 Å². The zero-order chi connectivity index (χ0) is 38.8. The van der Waals surface area contributed by atoms with Crippen LogP contribution in [0.2, 0.25) is 0 Å². The van der Waals surface area contributed by atoms with Crippen LogP contribution in [0, 0.1) is 0 Å². The molecule has 286 valence electrons. The molecule has 0 aliphatic carbocycles. The van der Waals surface area contributed by atoms with E-state index in [1.165, 1.54) is 12.1 Å². The summed E-state index contributed by atoms with van der Waals surface area (Å²) in [5.41, 5.74) is 4.85. The average molecular weight is 770 g/mol. The molecule has 0 amide bonds. The van der Waals surface area contributed by atoms with Crippen LogP contribution >= 0.6 is 12.0 Å². The molecular weight excluding hydrogens is 721 g/mol. The fourth-order valence-electron chi connectivity index (χ4n) is 6.99. The van der Waals surface area contributed by atoms with Crippen molar-refractivity contribution >= 4 is 51.2 Å². The molecule has 2 heterocycles. The smallest absolute Gasteiger partial charge is 0.303 e. The first-order valence-corrected chi connectivity index (χ1v) is 19.8. The second kappa shape index (κ2) is 18.3. The first-order valence-electron chi connectivity index (χ1n) is 17.6. The number of carboxylic acid groups (broad SMARTS) is 2. The van der Waals surface area contributed by atoms with Gasteiger partial charge in [-0.1, -0.05) is 55.7 Å². The molecule has 2 aromatic rings. The van der Waals surface area contributed by atoms with Gasteiger partial charge in [0, 0.05) is 65.2 Å². The number of unbranched alkanes of at least 4 members (excludes halogenated alkanes) is 4. The van der Waals surface area contributed by atoms with Crippen LogP contribution in [-0.2, 0) is 39.9 Å². The van der Waals surface area contributed by atoms with Crippen molar-refractivity contribution in [2.45, 2.75) is 99.7 Å². The van der Waals surface area contributed by atoms with Crippen LogP contribution < -0.4 is 4.90 Å². The summed E-state index contributed by atoms with van der Waals surface area (Å²) in [6, 6.07) is 10.5. The van der Waals surface area contributed by atoms with Gasteiger partial charge in [0.05, 0.1) is 22.4 Å². The fraction of sp³-hybridized carbons (Fsp3) is 0.410. The number of hydrogen-bond donors (Lipinski definition) is 4. The van der Waals surface area contributed by atoms with Crippen molar-refractivity contribution in [2.24, 2.45) is 0 Å². The molecule has 2 aromatic carbocycles. The molecular formula is C39H49N2O10S2+. The molecule has 0 saturated carbocycles. The van der Waals surface area contributed by atoms with Crippen molar-refractivity contribution in [1.29, 1.82) is 0 Å². The largest absolute Gasteiger partial charge is 0.481 e. The lowest BCUT2D eigenvalue weighted by atomic mass is 9.81. The highest BCUT2D eigenvalue weighted by atomic mass is 32.2. The van der Waals surface area contributed by atoms with E-state index in [1.54, 1.807) is 6.07 Å². The minimum absolute atomic E-state index is 0.110. The summed E-state index contributed by atoms with van der Waals surface area (Å²) >= 11 is 0.906. The molecule has 0 spiro atoms. The van der Waals surface area contributed by atoms with E-state index in [9.17, 15) is 22.6 Å². The summed E-state index contributed by atoms with van der Waals surface area (Å²) < 4.78 is 40.5. The fourth-order valence-corrected chi connectivity index (χ4v) is 7.89. The van der Waals surface area contributed by atoms with Gasteiger partial charge < -0.3 is 15.1 Å². The maximum atomic E-state index is 12.0. The van der Waals surface area contributed by atoms with Gasteiger partial charge in [0.25, 0.3) is 10.1 Å². The molecule has 0 radical (unpaired) electrons. The Morgan fingerprint density at radius 3 is 2.15 bits per heavy atom. The molecule has 2 aliphatic rings. The lowest BCUT2D eigenvalue weighted by Crippen LogP contribution is -2.28. The number of nitrogens with zero attached hydrogens (tertiary/aromatic N) is 2. The molecule has 4 rings (SSSR count). The van der Waals surface area contributed by atoms with Crippen LogP contribution in [0.15, 0.2) is 94.4 Å².